The molecule has 2 rings (SSSR count). The zero-order valence-corrected chi connectivity index (χ0v) is 12.6. The number of fused-ring (bicyclic) bond motifs is 1. The summed E-state index contributed by atoms with van der Waals surface area (Å²) in [5, 5.41) is -0.192. The number of halogens is 2. The molecule has 0 fully saturated rings. The summed E-state index contributed by atoms with van der Waals surface area (Å²) in [4.78, 5) is 4.54. The number of alkyl halides is 1. The van der Waals surface area contributed by atoms with Crippen molar-refractivity contribution in [3.8, 4) is 0 Å². The van der Waals surface area contributed by atoms with Crippen molar-refractivity contribution in [3.63, 3.8) is 0 Å². The van der Waals surface area contributed by atoms with E-state index in [2.05, 4.69) is 30.3 Å². The van der Waals surface area contributed by atoms with E-state index in [0.29, 0.717) is 0 Å². The molecule has 0 spiro atoms. The second-order valence-electron chi connectivity index (χ2n) is 5.82. The molecule has 0 saturated heterocycles. The third-order valence-corrected chi connectivity index (χ3v) is 3.83. The number of hydrogen-bond acceptors (Lipinski definition) is 1. The maximum Gasteiger partial charge on any atom is 0.127 e. The molecule has 1 aromatic carbocycles. The summed E-state index contributed by atoms with van der Waals surface area (Å²) in [5.41, 5.74) is 1.75. The van der Waals surface area contributed by atoms with E-state index < -0.39 is 0 Å². The van der Waals surface area contributed by atoms with E-state index in [4.69, 9.17) is 11.6 Å². The Kier molecular flexibility index (Phi) is 3.86. The van der Waals surface area contributed by atoms with E-state index in [1.54, 1.807) is 6.07 Å². The Morgan fingerprint density at radius 3 is 2.68 bits per heavy atom. The third kappa shape index (κ3) is 2.92. The van der Waals surface area contributed by atoms with Gasteiger partial charge in [-0.1, -0.05) is 20.8 Å². The third-order valence-electron chi connectivity index (χ3n) is 3.64. The molecule has 0 aliphatic carbocycles. The normalized spacial score (nSPS) is 14.0. The van der Waals surface area contributed by atoms with Crippen molar-refractivity contribution in [2.45, 2.75) is 46.0 Å². The van der Waals surface area contributed by atoms with E-state index in [0.717, 1.165) is 29.8 Å². The molecule has 0 saturated carbocycles. The fraction of sp³-hybridized carbons (Fsp3) is 0.533. The minimum absolute atomic E-state index is 0.125. The lowest BCUT2D eigenvalue weighted by Crippen LogP contribution is -2.20. The fourth-order valence-corrected chi connectivity index (χ4v) is 2.29. The van der Waals surface area contributed by atoms with Gasteiger partial charge in [-0.25, -0.2) is 9.37 Å². The standard InChI is InChI=1S/C15H20ClFN2/c1-5-15(3,4)9-19-13-8-11(17)6-7-12(13)18-14(19)10(2)16/h6-8,10H,5,9H2,1-4H3. The van der Waals surface area contributed by atoms with Crippen molar-refractivity contribution in [2.75, 3.05) is 0 Å². The van der Waals surface area contributed by atoms with E-state index in [9.17, 15) is 4.39 Å². The summed E-state index contributed by atoms with van der Waals surface area (Å²) in [6.07, 6.45) is 1.04. The topological polar surface area (TPSA) is 17.8 Å². The van der Waals surface area contributed by atoms with Crippen LogP contribution >= 0.6 is 11.6 Å². The van der Waals surface area contributed by atoms with Crippen LogP contribution in [-0.4, -0.2) is 9.55 Å². The van der Waals surface area contributed by atoms with Gasteiger partial charge in [-0.3, -0.25) is 0 Å². The second kappa shape index (κ2) is 5.12. The lowest BCUT2D eigenvalue weighted by Gasteiger charge is -2.25. The summed E-state index contributed by atoms with van der Waals surface area (Å²) >= 11 is 6.21. The zero-order valence-electron chi connectivity index (χ0n) is 11.9. The molecule has 1 aromatic heterocycles. The first-order chi connectivity index (χ1) is 8.84. The van der Waals surface area contributed by atoms with Crippen LogP contribution in [0, 0.1) is 11.2 Å². The van der Waals surface area contributed by atoms with Crippen molar-refractivity contribution >= 4 is 22.6 Å². The number of nitrogens with zero attached hydrogens (tertiary/aromatic N) is 2. The Morgan fingerprint density at radius 1 is 1.42 bits per heavy atom. The SMILES string of the molecule is CCC(C)(C)Cn1c(C(C)Cl)nc2ccc(F)cc21. The number of benzene rings is 1. The first-order valence-electron chi connectivity index (χ1n) is 6.64. The van der Waals surface area contributed by atoms with Gasteiger partial charge in [-0.05, 0) is 37.0 Å². The Bertz CT molecular complexity index is 587. The predicted octanol–water partition coefficient (Wildman–Crippen LogP) is 4.91. The maximum atomic E-state index is 13.5. The highest BCUT2D eigenvalue weighted by Gasteiger charge is 2.22. The molecule has 0 aliphatic rings. The number of hydrogen-bond donors (Lipinski definition) is 0. The summed E-state index contributed by atoms with van der Waals surface area (Å²) in [6.45, 7) is 9.23. The summed E-state index contributed by atoms with van der Waals surface area (Å²) < 4.78 is 15.5. The van der Waals surface area contributed by atoms with Crippen molar-refractivity contribution in [2.24, 2.45) is 5.41 Å². The minimum Gasteiger partial charge on any atom is -0.326 e. The van der Waals surface area contributed by atoms with Gasteiger partial charge in [-0.15, -0.1) is 11.6 Å². The molecule has 0 N–H and O–H groups in total. The molecular formula is C15H20ClFN2. The van der Waals surface area contributed by atoms with Crippen LogP contribution in [-0.2, 0) is 6.54 Å². The molecule has 2 nitrogen and oxygen atoms in total. The predicted molar refractivity (Wildman–Crippen MR) is 78.0 cm³/mol. The Hall–Kier alpha value is -1.09. The smallest absolute Gasteiger partial charge is 0.127 e. The van der Waals surface area contributed by atoms with Gasteiger partial charge in [0.2, 0.25) is 0 Å². The number of rotatable bonds is 4. The first-order valence-corrected chi connectivity index (χ1v) is 7.07. The van der Waals surface area contributed by atoms with Gasteiger partial charge in [0.15, 0.2) is 0 Å². The monoisotopic (exact) mass is 282 g/mol. The maximum absolute atomic E-state index is 13.5. The highest BCUT2D eigenvalue weighted by Crippen LogP contribution is 2.30. The van der Waals surface area contributed by atoms with Crippen LogP contribution < -0.4 is 0 Å². The molecule has 4 heteroatoms. The molecule has 104 valence electrons. The Balaban J connectivity index is 2.60. The van der Waals surface area contributed by atoms with Crippen LogP contribution in [0.3, 0.4) is 0 Å². The van der Waals surface area contributed by atoms with E-state index >= 15 is 0 Å². The van der Waals surface area contributed by atoms with Gasteiger partial charge in [0, 0.05) is 6.54 Å². The van der Waals surface area contributed by atoms with Gasteiger partial charge >= 0.3 is 0 Å². The molecule has 0 aliphatic heterocycles. The van der Waals surface area contributed by atoms with Gasteiger partial charge in [0.25, 0.3) is 0 Å². The summed E-state index contributed by atoms with van der Waals surface area (Å²) in [5.74, 6) is 0.570. The second-order valence-corrected chi connectivity index (χ2v) is 6.48. The Morgan fingerprint density at radius 2 is 2.11 bits per heavy atom. The highest BCUT2D eigenvalue weighted by molar-refractivity contribution is 6.20. The highest BCUT2D eigenvalue weighted by atomic mass is 35.5. The average molecular weight is 283 g/mol. The number of aromatic nitrogens is 2. The van der Waals surface area contributed by atoms with Crippen molar-refractivity contribution in [1.29, 1.82) is 0 Å². The zero-order chi connectivity index (χ0) is 14.2. The molecule has 1 unspecified atom stereocenters. The van der Waals surface area contributed by atoms with Gasteiger partial charge < -0.3 is 4.57 Å². The molecule has 0 radical (unpaired) electrons. The molecule has 2 aromatic rings. The van der Waals surface area contributed by atoms with Gasteiger partial charge in [0.1, 0.15) is 11.6 Å². The van der Waals surface area contributed by atoms with Crippen LogP contribution in [0.25, 0.3) is 11.0 Å². The molecule has 1 heterocycles. The van der Waals surface area contributed by atoms with Crippen LogP contribution in [0.5, 0.6) is 0 Å². The molecule has 0 amide bonds. The average Bonchev–Trinajstić information content (AvgIpc) is 2.67. The van der Waals surface area contributed by atoms with E-state index in [1.165, 1.54) is 12.1 Å². The van der Waals surface area contributed by atoms with E-state index in [-0.39, 0.29) is 16.6 Å². The fourth-order valence-electron chi connectivity index (χ4n) is 2.12. The van der Waals surface area contributed by atoms with Crippen LogP contribution in [0.1, 0.15) is 45.3 Å². The largest absolute Gasteiger partial charge is 0.326 e. The van der Waals surface area contributed by atoms with Gasteiger partial charge in [-0.2, -0.15) is 0 Å². The van der Waals surface area contributed by atoms with Gasteiger partial charge in [0.05, 0.1) is 16.4 Å². The summed E-state index contributed by atoms with van der Waals surface area (Å²) in [7, 11) is 0. The van der Waals surface area contributed by atoms with Crippen molar-refractivity contribution < 1.29 is 4.39 Å². The lowest BCUT2D eigenvalue weighted by molar-refractivity contribution is 0.294. The molecule has 19 heavy (non-hydrogen) atoms. The van der Waals surface area contributed by atoms with Crippen LogP contribution in [0.2, 0.25) is 0 Å². The van der Waals surface area contributed by atoms with Crippen LogP contribution in [0.15, 0.2) is 18.2 Å². The quantitative estimate of drug-likeness (QED) is 0.729. The molecular weight excluding hydrogens is 263 g/mol. The lowest BCUT2D eigenvalue weighted by atomic mass is 9.90. The first kappa shape index (κ1) is 14.3. The number of imidazole rings is 1. The Labute approximate surface area is 118 Å². The summed E-state index contributed by atoms with van der Waals surface area (Å²) in [6, 6.07) is 4.69. The minimum atomic E-state index is -0.239. The molecule has 1 atom stereocenters. The molecule has 0 bridgehead atoms. The van der Waals surface area contributed by atoms with E-state index in [1.807, 2.05) is 6.92 Å². The van der Waals surface area contributed by atoms with Crippen LogP contribution in [0.4, 0.5) is 4.39 Å². The van der Waals surface area contributed by atoms with Crippen molar-refractivity contribution in [1.82, 2.24) is 9.55 Å². The van der Waals surface area contributed by atoms with Crippen molar-refractivity contribution in [3.05, 3.63) is 29.8 Å².